The molecule has 8 heteroatoms. The zero-order valence-electron chi connectivity index (χ0n) is 11.7. The number of methoxy groups -OCH3 is 1. The SMILES string of the molecule is COc1ccc(S(=O)(=O)NC(CC(=O)[O-])c2ccco2)cc1. The molecule has 0 aliphatic rings. The predicted molar refractivity (Wildman–Crippen MR) is 74.4 cm³/mol. The van der Waals surface area contributed by atoms with E-state index in [1.165, 1.54) is 43.7 Å². The van der Waals surface area contributed by atoms with Crippen molar-refractivity contribution < 1.29 is 27.5 Å². The first kappa shape index (κ1) is 16.1. The summed E-state index contributed by atoms with van der Waals surface area (Å²) >= 11 is 0. The second-order valence-electron chi connectivity index (χ2n) is 4.44. The molecule has 0 amide bonds. The Balaban J connectivity index is 2.25. The number of furan rings is 1. The van der Waals surface area contributed by atoms with Crippen LogP contribution < -0.4 is 14.6 Å². The van der Waals surface area contributed by atoms with E-state index in [9.17, 15) is 18.3 Å². The quantitative estimate of drug-likeness (QED) is 0.792. The minimum atomic E-state index is -3.91. The third-order valence-corrected chi connectivity index (χ3v) is 4.41. The van der Waals surface area contributed by atoms with E-state index in [-0.39, 0.29) is 10.7 Å². The average molecular weight is 324 g/mol. The fourth-order valence-electron chi connectivity index (χ4n) is 1.87. The standard InChI is InChI=1S/C14H15NO6S/c1-20-10-4-6-11(7-5-10)22(18,19)15-12(9-14(16)17)13-3-2-8-21-13/h2-8,12,15H,9H2,1H3,(H,16,17)/p-1. The third-order valence-electron chi connectivity index (χ3n) is 2.92. The van der Waals surface area contributed by atoms with Crippen LogP contribution in [0.4, 0.5) is 0 Å². The van der Waals surface area contributed by atoms with Gasteiger partial charge in [-0.05, 0) is 36.4 Å². The lowest BCUT2D eigenvalue weighted by atomic mass is 10.2. The Morgan fingerprint density at radius 3 is 2.50 bits per heavy atom. The van der Waals surface area contributed by atoms with Crippen LogP contribution in [0.15, 0.2) is 52.0 Å². The Morgan fingerprint density at radius 2 is 2.00 bits per heavy atom. The van der Waals surface area contributed by atoms with Gasteiger partial charge in [0.1, 0.15) is 11.5 Å². The number of sulfonamides is 1. The number of aliphatic carboxylic acids is 1. The lowest BCUT2D eigenvalue weighted by Crippen LogP contribution is -2.34. The first-order valence-electron chi connectivity index (χ1n) is 6.32. The zero-order chi connectivity index (χ0) is 16.2. The van der Waals surface area contributed by atoms with Gasteiger partial charge in [-0.15, -0.1) is 0 Å². The summed E-state index contributed by atoms with van der Waals surface area (Å²) in [5.74, 6) is -0.684. The monoisotopic (exact) mass is 324 g/mol. The van der Waals surface area contributed by atoms with Crippen molar-refractivity contribution in [3.05, 3.63) is 48.4 Å². The second-order valence-corrected chi connectivity index (χ2v) is 6.15. The normalized spacial score (nSPS) is 12.8. The molecule has 0 bridgehead atoms. The van der Waals surface area contributed by atoms with Crippen LogP contribution in [0.1, 0.15) is 18.2 Å². The van der Waals surface area contributed by atoms with E-state index >= 15 is 0 Å². The zero-order valence-corrected chi connectivity index (χ0v) is 12.5. The largest absolute Gasteiger partial charge is 0.550 e. The average Bonchev–Trinajstić information content (AvgIpc) is 3.00. The summed E-state index contributed by atoms with van der Waals surface area (Å²) in [5.41, 5.74) is 0. The van der Waals surface area contributed by atoms with Gasteiger partial charge < -0.3 is 19.1 Å². The van der Waals surface area contributed by atoms with Crippen LogP contribution in [0.3, 0.4) is 0 Å². The Labute approximate surface area is 127 Å². The van der Waals surface area contributed by atoms with Crippen molar-refractivity contribution >= 4 is 16.0 Å². The maximum Gasteiger partial charge on any atom is 0.241 e. The van der Waals surface area contributed by atoms with Gasteiger partial charge >= 0.3 is 0 Å². The summed E-state index contributed by atoms with van der Waals surface area (Å²) in [4.78, 5) is 10.8. The molecule has 2 rings (SSSR count). The molecule has 1 atom stereocenters. The molecule has 118 valence electrons. The molecule has 0 aliphatic heterocycles. The number of benzene rings is 1. The van der Waals surface area contributed by atoms with Crippen LogP contribution in [0, 0.1) is 0 Å². The number of carbonyl (C=O) groups is 1. The summed E-state index contributed by atoms with van der Waals surface area (Å²) in [5, 5.41) is 10.8. The fraction of sp³-hybridized carbons (Fsp3) is 0.214. The van der Waals surface area contributed by atoms with Crippen molar-refractivity contribution in [2.75, 3.05) is 7.11 Å². The first-order valence-corrected chi connectivity index (χ1v) is 7.80. The molecule has 22 heavy (non-hydrogen) atoms. The maximum atomic E-state index is 12.3. The lowest BCUT2D eigenvalue weighted by Gasteiger charge is -2.17. The van der Waals surface area contributed by atoms with Gasteiger partial charge in [-0.1, -0.05) is 0 Å². The molecule has 0 fully saturated rings. The van der Waals surface area contributed by atoms with Gasteiger partial charge in [0.25, 0.3) is 0 Å². The van der Waals surface area contributed by atoms with Crippen LogP contribution >= 0.6 is 0 Å². The van der Waals surface area contributed by atoms with Gasteiger partial charge in [-0.3, -0.25) is 0 Å². The van der Waals surface area contributed by atoms with Crippen LogP contribution in [0.5, 0.6) is 5.75 Å². The number of carboxylic acids is 1. The lowest BCUT2D eigenvalue weighted by molar-refractivity contribution is -0.306. The first-order chi connectivity index (χ1) is 10.4. The number of nitrogens with one attached hydrogen (secondary N) is 1. The molecule has 1 aromatic carbocycles. The molecule has 1 N–H and O–H groups in total. The van der Waals surface area contributed by atoms with Crippen LogP contribution in [0.2, 0.25) is 0 Å². The van der Waals surface area contributed by atoms with Crippen LogP contribution in [-0.2, 0) is 14.8 Å². The predicted octanol–water partition coefficient (Wildman–Crippen LogP) is 0.448. The highest BCUT2D eigenvalue weighted by molar-refractivity contribution is 7.89. The molecular weight excluding hydrogens is 310 g/mol. The van der Waals surface area contributed by atoms with Gasteiger partial charge in [0.2, 0.25) is 10.0 Å². The van der Waals surface area contributed by atoms with Gasteiger partial charge in [-0.2, -0.15) is 0 Å². The molecule has 0 saturated carbocycles. The van der Waals surface area contributed by atoms with Crippen molar-refractivity contribution in [1.82, 2.24) is 4.72 Å². The van der Waals surface area contributed by atoms with E-state index < -0.39 is 28.5 Å². The minimum Gasteiger partial charge on any atom is -0.550 e. The molecule has 7 nitrogen and oxygen atoms in total. The van der Waals surface area contributed by atoms with E-state index in [1.807, 2.05) is 0 Å². The van der Waals surface area contributed by atoms with Gasteiger partial charge in [0, 0.05) is 12.4 Å². The second kappa shape index (κ2) is 6.63. The van der Waals surface area contributed by atoms with Crippen molar-refractivity contribution in [1.29, 1.82) is 0 Å². The molecule has 1 unspecified atom stereocenters. The maximum absolute atomic E-state index is 12.3. The van der Waals surface area contributed by atoms with Gasteiger partial charge in [0.05, 0.1) is 24.3 Å². The summed E-state index contributed by atoms with van der Waals surface area (Å²) in [7, 11) is -2.45. The molecule has 2 aromatic rings. The van der Waals surface area contributed by atoms with Gasteiger partial charge in [0.15, 0.2) is 0 Å². The Morgan fingerprint density at radius 1 is 1.32 bits per heavy atom. The number of hydrogen-bond donors (Lipinski definition) is 1. The minimum absolute atomic E-state index is 0.0109. The smallest absolute Gasteiger partial charge is 0.241 e. The number of hydrogen-bond acceptors (Lipinski definition) is 6. The molecule has 0 saturated heterocycles. The summed E-state index contributed by atoms with van der Waals surface area (Å²) in [6, 6.07) is 7.69. The number of rotatable bonds is 7. The van der Waals surface area contributed by atoms with Crippen molar-refractivity contribution in [3.63, 3.8) is 0 Å². The highest BCUT2D eigenvalue weighted by atomic mass is 32.2. The fourth-order valence-corrected chi connectivity index (χ4v) is 3.07. The Bertz CT molecular complexity index is 721. The summed E-state index contributed by atoms with van der Waals surface area (Å²) in [6.07, 6.45) is 0.794. The van der Waals surface area contributed by atoms with Crippen LogP contribution in [0.25, 0.3) is 0 Å². The Hall–Kier alpha value is -2.32. The van der Waals surface area contributed by atoms with Crippen molar-refractivity contribution in [2.45, 2.75) is 17.4 Å². The Kier molecular flexibility index (Phi) is 4.84. The highest BCUT2D eigenvalue weighted by Crippen LogP contribution is 2.22. The third kappa shape index (κ3) is 3.86. The summed E-state index contributed by atoms with van der Waals surface area (Å²) < 4.78 is 37.0. The molecule has 1 heterocycles. The molecule has 1 aromatic heterocycles. The van der Waals surface area contributed by atoms with E-state index in [0.29, 0.717) is 5.75 Å². The summed E-state index contributed by atoms with van der Waals surface area (Å²) in [6.45, 7) is 0. The van der Waals surface area contributed by atoms with Crippen molar-refractivity contribution in [2.24, 2.45) is 0 Å². The molecule has 0 radical (unpaired) electrons. The topological polar surface area (TPSA) is 109 Å². The number of ether oxygens (including phenoxy) is 1. The molecular formula is C14H14NO6S-. The van der Waals surface area contributed by atoms with E-state index in [4.69, 9.17) is 9.15 Å². The van der Waals surface area contributed by atoms with Gasteiger partial charge in [-0.25, -0.2) is 13.1 Å². The van der Waals surface area contributed by atoms with Crippen molar-refractivity contribution in [3.8, 4) is 5.75 Å². The van der Waals surface area contributed by atoms with E-state index in [1.54, 1.807) is 6.07 Å². The number of carbonyl (C=O) groups excluding carboxylic acids is 1. The van der Waals surface area contributed by atoms with E-state index in [2.05, 4.69) is 4.72 Å². The van der Waals surface area contributed by atoms with Crippen LogP contribution in [-0.4, -0.2) is 21.5 Å². The van der Waals surface area contributed by atoms with E-state index in [0.717, 1.165) is 0 Å². The highest BCUT2D eigenvalue weighted by Gasteiger charge is 2.23. The number of carboxylic acid groups (broad SMARTS) is 1. The molecule has 0 spiro atoms. The molecule has 0 aliphatic carbocycles.